The van der Waals surface area contributed by atoms with Crippen molar-refractivity contribution in [3.8, 4) is 0 Å². The van der Waals surface area contributed by atoms with Crippen LogP contribution >= 0.6 is 0 Å². The second kappa shape index (κ2) is 6.59. The predicted octanol–water partition coefficient (Wildman–Crippen LogP) is 4.11. The Labute approximate surface area is 106 Å². The lowest BCUT2D eigenvalue weighted by Crippen LogP contribution is -2.24. The highest BCUT2D eigenvalue weighted by atomic mass is 19.4. The largest absolute Gasteiger partial charge is 0.416 e. The summed E-state index contributed by atoms with van der Waals surface area (Å²) in [5.74, 6) is 0. The summed E-state index contributed by atoms with van der Waals surface area (Å²) >= 11 is 0. The number of rotatable bonds is 5. The van der Waals surface area contributed by atoms with Gasteiger partial charge in [0, 0.05) is 6.04 Å². The van der Waals surface area contributed by atoms with Crippen LogP contribution in [-0.2, 0) is 6.18 Å². The van der Waals surface area contributed by atoms with E-state index in [0.29, 0.717) is 0 Å². The molecule has 1 rings (SSSR count). The topological polar surface area (TPSA) is 12.0 Å². The van der Waals surface area contributed by atoms with Gasteiger partial charge in [-0.2, -0.15) is 13.2 Å². The molecular formula is C14H18F3N. The summed E-state index contributed by atoms with van der Waals surface area (Å²) < 4.78 is 37.0. The van der Waals surface area contributed by atoms with Gasteiger partial charge in [0.2, 0.25) is 0 Å². The number of benzene rings is 1. The SMILES string of the molecule is CCCNC(C)/C=C/c1ccc(C(F)(F)F)cc1. The molecule has 18 heavy (non-hydrogen) atoms. The minimum Gasteiger partial charge on any atom is -0.311 e. The molecule has 0 spiro atoms. The van der Waals surface area contributed by atoms with Crippen LogP contribution < -0.4 is 5.32 Å². The van der Waals surface area contributed by atoms with E-state index in [1.54, 1.807) is 0 Å². The molecule has 0 saturated heterocycles. The van der Waals surface area contributed by atoms with Crippen LogP contribution in [0.3, 0.4) is 0 Å². The summed E-state index contributed by atoms with van der Waals surface area (Å²) in [5, 5.41) is 3.27. The van der Waals surface area contributed by atoms with Crippen molar-refractivity contribution >= 4 is 6.08 Å². The van der Waals surface area contributed by atoms with Gasteiger partial charge in [0.15, 0.2) is 0 Å². The Morgan fingerprint density at radius 3 is 2.33 bits per heavy atom. The summed E-state index contributed by atoms with van der Waals surface area (Å²) in [4.78, 5) is 0. The first-order valence-corrected chi connectivity index (χ1v) is 6.02. The van der Waals surface area contributed by atoms with Crippen LogP contribution in [0.4, 0.5) is 13.2 Å². The summed E-state index contributed by atoms with van der Waals surface area (Å²) in [6, 6.07) is 5.37. The fraction of sp³-hybridized carbons (Fsp3) is 0.429. The molecule has 100 valence electrons. The van der Waals surface area contributed by atoms with Crippen LogP contribution in [-0.4, -0.2) is 12.6 Å². The molecule has 0 aliphatic carbocycles. The zero-order chi connectivity index (χ0) is 13.6. The second-order valence-electron chi connectivity index (χ2n) is 4.22. The first kappa shape index (κ1) is 14.8. The van der Waals surface area contributed by atoms with Gasteiger partial charge in [0.05, 0.1) is 5.56 Å². The molecule has 0 fully saturated rings. The third-order valence-corrected chi connectivity index (χ3v) is 2.53. The van der Waals surface area contributed by atoms with Gasteiger partial charge in [-0.05, 0) is 37.6 Å². The molecule has 0 heterocycles. The molecule has 4 heteroatoms. The Hall–Kier alpha value is -1.29. The molecule has 1 N–H and O–H groups in total. The lowest BCUT2D eigenvalue weighted by Gasteiger charge is -2.08. The minimum atomic E-state index is -4.27. The normalized spacial score (nSPS) is 14.1. The zero-order valence-electron chi connectivity index (χ0n) is 10.6. The van der Waals surface area contributed by atoms with Crippen LogP contribution in [0.15, 0.2) is 30.3 Å². The smallest absolute Gasteiger partial charge is 0.311 e. The molecule has 0 aliphatic rings. The molecule has 0 amide bonds. The fourth-order valence-corrected chi connectivity index (χ4v) is 1.48. The zero-order valence-corrected chi connectivity index (χ0v) is 10.6. The maximum Gasteiger partial charge on any atom is 0.416 e. The maximum atomic E-state index is 12.3. The first-order valence-electron chi connectivity index (χ1n) is 6.02. The van der Waals surface area contributed by atoms with Crippen LogP contribution in [0, 0.1) is 0 Å². The van der Waals surface area contributed by atoms with Crippen LogP contribution in [0.2, 0.25) is 0 Å². The Morgan fingerprint density at radius 2 is 1.83 bits per heavy atom. The van der Waals surface area contributed by atoms with Gasteiger partial charge in [-0.1, -0.05) is 31.2 Å². The summed E-state index contributed by atoms with van der Waals surface area (Å²) in [6.07, 6.45) is 0.558. The van der Waals surface area contributed by atoms with Crippen molar-refractivity contribution in [1.82, 2.24) is 5.32 Å². The highest BCUT2D eigenvalue weighted by Crippen LogP contribution is 2.29. The van der Waals surface area contributed by atoms with Crippen molar-refractivity contribution in [2.45, 2.75) is 32.5 Å². The summed E-state index contributed by atoms with van der Waals surface area (Å²) in [5.41, 5.74) is 0.157. The quantitative estimate of drug-likeness (QED) is 0.837. The molecule has 0 aliphatic heterocycles. The second-order valence-corrected chi connectivity index (χ2v) is 4.22. The van der Waals surface area contributed by atoms with E-state index < -0.39 is 11.7 Å². The fourth-order valence-electron chi connectivity index (χ4n) is 1.48. The molecule has 0 bridgehead atoms. The van der Waals surface area contributed by atoms with E-state index >= 15 is 0 Å². The highest BCUT2D eigenvalue weighted by molar-refractivity contribution is 5.50. The molecule has 0 radical (unpaired) electrons. The summed E-state index contributed by atoms with van der Waals surface area (Å²) in [7, 11) is 0. The maximum absolute atomic E-state index is 12.3. The van der Waals surface area contributed by atoms with Crippen molar-refractivity contribution in [3.05, 3.63) is 41.5 Å². The van der Waals surface area contributed by atoms with Crippen molar-refractivity contribution in [3.63, 3.8) is 0 Å². The first-order chi connectivity index (χ1) is 8.43. The lowest BCUT2D eigenvalue weighted by atomic mass is 10.1. The predicted molar refractivity (Wildman–Crippen MR) is 68.2 cm³/mol. The number of alkyl halides is 3. The highest BCUT2D eigenvalue weighted by Gasteiger charge is 2.29. The molecular weight excluding hydrogens is 239 g/mol. The molecule has 1 atom stereocenters. The monoisotopic (exact) mass is 257 g/mol. The van der Waals surface area contributed by atoms with Crippen molar-refractivity contribution < 1.29 is 13.2 Å². The van der Waals surface area contributed by atoms with Crippen LogP contribution in [0.5, 0.6) is 0 Å². The van der Waals surface area contributed by atoms with E-state index in [-0.39, 0.29) is 6.04 Å². The van der Waals surface area contributed by atoms with Gasteiger partial charge in [-0.25, -0.2) is 0 Å². The summed E-state index contributed by atoms with van der Waals surface area (Å²) in [6.45, 7) is 5.02. The number of hydrogen-bond donors (Lipinski definition) is 1. The molecule has 0 saturated carbocycles. The van der Waals surface area contributed by atoms with Crippen molar-refractivity contribution in [2.75, 3.05) is 6.54 Å². The van der Waals surface area contributed by atoms with Gasteiger partial charge < -0.3 is 5.32 Å². The molecule has 0 aromatic heterocycles. The van der Waals surface area contributed by atoms with Gasteiger partial charge >= 0.3 is 6.18 Å². The third kappa shape index (κ3) is 4.92. The van der Waals surface area contributed by atoms with Gasteiger partial charge in [0.25, 0.3) is 0 Å². The van der Waals surface area contributed by atoms with E-state index in [4.69, 9.17) is 0 Å². The third-order valence-electron chi connectivity index (χ3n) is 2.53. The van der Waals surface area contributed by atoms with Crippen LogP contribution in [0.1, 0.15) is 31.4 Å². The Morgan fingerprint density at radius 1 is 1.22 bits per heavy atom. The lowest BCUT2D eigenvalue weighted by molar-refractivity contribution is -0.137. The van der Waals surface area contributed by atoms with E-state index in [0.717, 1.165) is 30.7 Å². The van der Waals surface area contributed by atoms with Crippen molar-refractivity contribution in [1.29, 1.82) is 0 Å². The molecule has 1 nitrogen and oxygen atoms in total. The van der Waals surface area contributed by atoms with E-state index in [1.165, 1.54) is 12.1 Å². The Balaban J connectivity index is 2.61. The van der Waals surface area contributed by atoms with Crippen LogP contribution in [0.25, 0.3) is 6.08 Å². The number of hydrogen-bond acceptors (Lipinski definition) is 1. The van der Waals surface area contributed by atoms with Gasteiger partial charge in [-0.3, -0.25) is 0 Å². The standard InChI is InChI=1S/C14H18F3N/c1-3-10-18-11(2)4-5-12-6-8-13(9-7-12)14(15,16)17/h4-9,11,18H,3,10H2,1-2H3/b5-4+. The van der Waals surface area contributed by atoms with E-state index in [2.05, 4.69) is 12.2 Å². The van der Waals surface area contributed by atoms with Gasteiger partial charge in [0.1, 0.15) is 0 Å². The van der Waals surface area contributed by atoms with Crippen molar-refractivity contribution in [2.24, 2.45) is 0 Å². The Bertz CT molecular complexity index is 379. The number of halogens is 3. The molecule has 1 aromatic rings. The Kier molecular flexibility index (Phi) is 5.41. The number of nitrogens with one attached hydrogen (secondary N) is 1. The average molecular weight is 257 g/mol. The molecule has 1 unspecified atom stereocenters. The average Bonchev–Trinajstić information content (AvgIpc) is 2.33. The minimum absolute atomic E-state index is 0.215. The van der Waals surface area contributed by atoms with E-state index in [1.807, 2.05) is 19.1 Å². The molecule has 1 aromatic carbocycles. The van der Waals surface area contributed by atoms with E-state index in [9.17, 15) is 13.2 Å². The van der Waals surface area contributed by atoms with Gasteiger partial charge in [-0.15, -0.1) is 0 Å².